The molecular weight excluding hydrogens is 256 g/mol. The van der Waals surface area contributed by atoms with Crippen molar-refractivity contribution in [2.75, 3.05) is 27.2 Å². The average Bonchev–Trinajstić information content (AvgIpc) is 2.12. The van der Waals surface area contributed by atoms with Crippen molar-refractivity contribution in [3.63, 3.8) is 0 Å². The molecular formula is C10H25BrN4. The van der Waals surface area contributed by atoms with Crippen LogP contribution in [0.5, 0.6) is 0 Å². The minimum Gasteiger partial charge on any atom is -0.370 e. The lowest BCUT2D eigenvalue weighted by molar-refractivity contribution is 0.403. The number of halogens is 1. The van der Waals surface area contributed by atoms with E-state index < -0.39 is 0 Å². The molecule has 1 atom stereocenters. The highest BCUT2D eigenvalue weighted by Gasteiger charge is 1.98. The van der Waals surface area contributed by atoms with Gasteiger partial charge < -0.3 is 16.0 Å². The van der Waals surface area contributed by atoms with Crippen LogP contribution in [-0.4, -0.2) is 44.1 Å². The first-order valence-corrected chi connectivity index (χ1v) is 5.27. The molecule has 0 rings (SSSR count). The molecule has 4 nitrogen and oxygen atoms in total. The van der Waals surface area contributed by atoms with E-state index in [4.69, 9.17) is 5.73 Å². The van der Waals surface area contributed by atoms with Gasteiger partial charge in [-0.1, -0.05) is 6.92 Å². The largest absolute Gasteiger partial charge is 0.370 e. The number of rotatable bonds is 6. The summed E-state index contributed by atoms with van der Waals surface area (Å²) >= 11 is 0. The van der Waals surface area contributed by atoms with E-state index in [0.717, 1.165) is 25.9 Å². The highest BCUT2D eigenvalue weighted by Crippen LogP contribution is 1.88. The maximum Gasteiger partial charge on any atom is 0.188 e. The molecule has 0 bridgehead atoms. The van der Waals surface area contributed by atoms with Crippen LogP contribution in [0.25, 0.3) is 0 Å². The second-order valence-corrected chi connectivity index (χ2v) is 3.88. The van der Waals surface area contributed by atoms with Crippen LogP contribution in [0.4, 0.5) is 0 Å². The van der Waals surface area contributed by atoms with Crippen LogP contribution in [0.2, 0.25) is 0 Å². The van der Waals surface area contributed by atoms with E-state index in [1.807, 2.05) is 0 Å². The molecule has 0 saturated heterocycles. The van der Waals surface area contributed by atoms with Crippen molar-refractivity contribution in [2.45, 2.75) is 32.7 Å². The van der Waals surface area contributed by atoms with Crippen molar-refractivity contribution in [3.05, 3.63) is 0 Å². The van der Waals surface area contributed by atoms with Crippen LogP contribution in [0.1, 0.15) is 26.7 Å². The maximum absolute atomic E-state index is 5.69. The zero-order valence-corrected chi connectivity index (χ0v) is 12.0. The minimum atomic E-state index is 0. The Morgan fingerprint density at radius 3 is 2.53 bits per heavy atom. The molecule has 0 aromatic carbocycles. The third-order valence-corrected chi connectivity index (χ3v) is 2.05. The fourth-order valence-electron chi connectivity index (χ4n) is 0.987. The van der Waals surface area contributed by atoms with Gasteiger partial charge in [-0.05, 0) is 40.4 Å². The number of hydrogen-bond donors (Lipinski definition) is 2. The highest BCUT2D eigenvalue weighted by molar-refractivity contribution is 8.93. The molecule has 0 aliphatic carbocycles. The second kappa shape index (κ2) is 10.2. The molecule has 0 spiro atoms. The molecule has 5 heteroatoms. The molecule has 3 N–H and O–H groups in total. The summed E-state index contributed by atoms with van der Waals surface area (Å²) in [7, 11) is 4.12. The fourth-order valence-corrected chi connectivity index (χ4v) is 0.987. The summed E-state index contributed by atoms with van der Waals surface area (Å²) in [5.74, 6) is 0.568. The summed E-state index contributed by atoms with van der Waals surface area (Å²) in [6.45, 7) is 6.08. The first kappa shape index (κ1) is 17.1. The van der Waals surface area contributed by atoms with Gasteiger partial charge in [-0.15, -0.1) is 17.0 Å². The fraction of sp³-hybridized carbons (Fsp3) is 0.900. The first-order valence-electron chi connectivity index (χ1n) is 5.27. The van der Waals surface area contributed by atoms with E-state index in [1.54, 1.807) is 0 Å². The third kappa shape index (κ3) is 11.6. The lowest BCUT2D eigenvalue weighted by Gasteiger charge is -2.12. The summed E-state index contributed by atoms with van der Waals surface area (Å²) in [5, 5.41) is 3.13. The SMILES string of the molecule is Br.CCC(C)NC(N)=NCCCN(C)C. The number of nitrogens with zero attached hydrogens (tertiary/aromatic N) is 2. The molecule has 0 aliphatic heterocycles. The van der Waals surface area contributed by atoms with E-state index in [1.165, 1.54) is 0 Å². The van der Waals surface area contributed by atoms with Gasteiger partial charge in [0.25, 0.3) is 0 Å². The van der Waals surface area contributed by atoms with Crippen molar-refractivity contribution >= 4 is 22.9 Å². The van der Waals surface area contributed by atoms with Crippen molar-refractivity contribution in [1.82, 2.24) is 10.2 Å². The number of guanidine groups is 1. The van der Waals surface area contributed by atoms with Gasteiger partial charge >= 0.3 is 0 Å². The summed E-state index contributed by atoms with van der Waals surface area (Å²) in [4.78, 5) is 6.39. The van der Waals surface area contributed by atoms with Crippen LogP contribution in [0.3, 0.4) is 0 Å². The lowest BCUT2D eigenvalue weighted by atomic mass is 10.3. The van der Waals surface area contributed by atoms with E-state index in [2.05, 4.69) is 43.2 Å². The van der Waals surface area contributed by atoms with Crippen molar-refractivity contribution in [1.29, 1.82) is 0 Å². The summed E-state index contributed by atoms with van der Waals surface area (Å²) in [6, 6.07) is 0.410. The van der Waals surface area contributed by atoms with E-state index in [9.17, 15) is 0 Å². The standard InChI is InChI=1S/C10H24N4.BrH/c1-5-9(2)13-10(11)12-7-6-8-14(3)4;/h9H,5-8H2,1-4H3,(H3,11,12,13);1H. The van der Waals surface area contributed by atoms with Crippen LogP contribution < -0.4 is 11.1 Å². The zero-order valence-electron chi connectivity index (χ0n) is 10.3. The van der Waals surface area contributed by atoms with Crippen molar-refractivity contribution < 1.29 is 0 Å². The van der Waals surface area contributed by atoms with E-state index in [0.29, 0.717) is 12.0 Å². The highest BCUT2D eigenvalue weighted by atomic mass is 79.9. The Labute approximate surface area is 104 Å². The van der Waals surface area contributed by atoms with Gasteiger partial charge in [0.1, 0.15) is 0 Å². The summed E-state index contributed by atoms with van der Waals surface area (Å²) in [6.07, 6.45) is 2.11. The molecule has 0 aliphatic rings. The maximum atomic E-state index is 5.69. The van der Waals surface area contributed by atoms with Crippen LogP contribution in [-0.2, 0) is 0 Å². The average molecular weight is 281 g/mol. The predicted octanol–water partition coefficient (Wildman–Crippen LogP) is 1.22. The topological polar surface area (TPSA) is 53.6 Å². The van der Waals surface area contributed by atoms with Crippen LogP contribution >= 0.6 is 17.0 Å². The van der Waals surface area contributed by atoms with Crippen molar-refractivity contribution in [2.24, 2.45) is 10.7 Å². The summed E-state index contributed by atoms with van der Waals surface area (Å²) in [5.41, 5.74) is 5.69. The Morgan fingerprint density at radius 2 is 2.07 bits per heavy atom. The molecule has 0 radical (unpaired) electrons. The number of nitrogens with one attached hydrogen (secondary N) is 1. The Bertz CT molecular complexity index is 171. The molecule has 0 saturated carbocycles. The minimum absolute atomic E-state index is 0. The lowest BCUT2D eigenvalue weighted by Crippen LogP contribution is -2.38. The zero-order chi connectivity index (χ0) is 11.0. The quantitative estimate of drug-likeness (QED) is 0.437. The van der Waals surface area contributed by atoms with Crippen LogP contribution in [0.15, 0.2) is 4.99 Å². The number of hydrogen-bond acceptors (Lipinski definition) is 2. The van der Waals surface area contributed by atoms with Gasteiger partial charge in [0.05, 0.1) is 0 Å². The van der Waals surface area contributed by atoms with Gasteiger partial charge in [0.15, 0.2) is 5.96 Å². The smallest absolute Gasteiger partial charge is 0.188 e. The molecule has 1 unspecified atom stereocenters. The van der Waals surface area contributed by atoms with Gasteiger partial charge in [-0.2, -0.15) is 0 Å². The second-order valence-electron chi connectivity index (χ2n) is 3.88. The molecule has 0 aromatic rings. The Morgan fingerprint density at radius 1 is 1.47 bits per heavy atom. The Hall–Kier alpha value is -0.290. The molecule has 0 fully saturated rings. The Balaban J connectivity index is 0. The normalized spacial score (nSPS) is 13.5. The third-order valence-electron chi connectivity index (χ3n) is 2.05. The van der Waals surface area contributed by atoms with E-state index >= 15 is 0 Å². The first-order chi connectivity index (χ1) is 6.56. The Kier molecular flexibility index (Phi) is 11.7. The van der Waals surface area contributed by atoms with Crippen LogP contribution in [0, 0.1) is 0 Å². The van der Waals surface area contributed by atoms with Gasteiger partial charge in [0.2, 0.25) is 0 Å². The van der Waals surface area contributed by atoms with Gasteiger partial charge in [-0.3, -0.25) is 4.99 Å². The van der Waals surface area contributed by atoms with Crippen molar-refractivity contribution in [3.8, 4) is 0 Å². The number of nitrogens with two attached hydrogens (primary N) is 1. The molecule has 15 heavy (non-hydrogen) atoms. The molecule has 0 amide bonds. The van der Waals surface area contributed by atoms with Gasteiger partial charge in [0, 0.05) is 12.6 Å². The molecule has 0 aromatic heterocycles. The van der Waals surface area contributed by atoms with Gasteiger partial charge in [-0.25, -0.2) is 0 Å². The van der Waals surface area contributed by atoms with E-state index in [-0.39, 0.29) is 17.0 Å². The monoisotopic (exact) mass is 280 g/mol. The summed E-state index contributed by atoms with van der Waals surface area (Å²) < 4.78 is 0. The number of aliphatic imine (C=N–C) groups is 1. The predicted molar refractivity (Wildman–Crippen MR) is 72.9 cm³/mol. The molecule has 92 valence electrons. The molecule has 0 heterocycles.